The molecule has 0 saturated heterocycles. The molecule has 2 heterocycles. The summed E-state index contributed by atoms with van der Waals surface area (Å²) < 4.78 is 11.4. The molecule has 9 heteroatoms. The highest BCUT2D eigenvalue weighted by molar-refractivity contribution is 7.20. The van der Waals surface area contributed by atoms with E-state index in [1.165, 1.54) is 6.33 Å². The van der Waals surface area contributed by atoms with E-state index in [4.69, 9.17) is 21.1 Å². The Hall–Kier alpha value is -2.71. The lowest BCUT2D eigenvalue weighted by molar-refractivity contribution is -0.145. The van der Waals surface area contributed by atoms with E-state index in [0.29, 0.717) is 31.2 Å². The van der Waals surface area contributed by atoms with Crippen LogP contribution in [-0.2, 0) is 27.4 Å². The minimum Gasteiger partial charge on any atom is -0.462 e. The fourth-order valence-electron chi connectivity index (χ4n) is 2.62. The summed E-state index contributed by atoms with van der Waals surface area (Å²) in [6.07, 6.45) is 1.27. The van der Waals surface area contributed by atoms with Crippen LogP contribution in [0.25, 0.3) is 10.2 Å². The molecule has 0 unspecified atom stereocenters. The van der Waals surface area contributed by atoms with Gasteiger partial charge in [-0.25, -0.2) is 9.78 Å². The molecule has 28 heavy (non-hydrogen) atoms. The van der Waals surface area contributed by atoms with Crippen LogP contribution in [0.15, 0.2) is 35.4 Å². The zero-order valence-corrected chi connectivity index (χ0v) is 16.8. The van der Waals surface area contributed by atoms with Crippen molar-refractivity contribution in [3.8, 4) is 0 Å². The molecule has 7 nitrogen and oxygen atoms in total. The van der Waals surface area contributed by atoms with E-state index in [9.17, 15) is 14.4 Å². The Kier molecular flexibility index (Phi) is 6.11. The first-order chi connectivity index (χ1) is 13.4. The number of rotatable bonds is 6. The molecule has 0 N–H and O–H groups in total. The number of aromatic nitrogens is 2. The number of hydrogen-bond donors (Lipinski definition) is 0. The molecule has 0 amide bonds. The molecule has 0 saturated carbocycles. The van der Waals surface area contributed by atoms with Crippen LogP contribution in [0.1, 0.15) is 27.7 Å². The summed E-state index contributed by atoms with van der Waals surface area (Å²) in [6.45, 7) is 3.32. The van der Waals surface area contributed by atoms with E-state index in [1.807, 2.05) is 0 Å². The van der Waals surface area contributed by atoms with Crippen molar-refractivity contribution in [1.82, 2.24) is 9.55 Å². The normalized spacial score (nSPS) is 10.8. The topological polar surface area (TPSA) is 87.5 Å². The molecule has 0 spiro atoms. The highest BCUT2D eigenvalue weighted by Crippen LogP contribution is 2.27. The van der Waals surface area contributed by atoms with Crippen LogP contribution in [0.5, 0.6) is 0 Å². The number of carbonyl (C=O) groups is 2. The second-order valence-electron chi connectivity index (χ2n) is 5.89. The molecule has 0 fully saturated rings. The van der Waals surface area contributed by atoms with Gasteiger partial charge in [-0.2, -0.15) is 0 Å². The second kappa shape index (κ2) is 8.53. The van der Waals surface area contributed by atoms with Crippen molar-refractivity contribution in [2.75, 3.05) is 6.61 Å². The van der Waals surface area contributed by atoms with E-state index in [0.717, 1.165) is 15.9 Å². The van der Waals surface area contributed by atoms with Gasteiger partial charge < -0.3 is 9.47 Å². The molecule has 146 valence electrons. The van der Waals surface area contributed by atoms with Crippen molar-refractivity contribution in [2.24, 2.45) is 0 Å². The van der Waals surface area contributed by atoms with E-state index in [2.05, 4.69) is 4.98 Å². The summed E-state index contributed by atoms with van der Waals surface area (Å²) in [5, 5.41) is 0.797. The molecule has 0 aliphatic carbocycles. The van der Waals surface area contributed by atoms with Crippen LogP contribution in [0.4, 0.5) is 0 Å². The molecular formula is C19H17ClN2O5S. The SMILES string of the molecule is CCOC(=O)c1sc2ncn(CC(=O)OCc3ccccc3Cl)c(=O)c2c1C. The van der Waals surface area contributed by atoms with E-state index >= 15 is 0 Å². The third kappa shape index (κ3) is 4.07. The number of carbonyl (C=O) groups excluding carboxylic acids is 2. The Morgan fingerprint density at radius 1 is 1.25 bits per heavy atom. The molecule has 0 radical (unpaired) electrons. The first-order valence-corrected chi connectivity index (χ1v) is 9.66. The Morgan fingerprint density at radius 2 is 2.00 bits per heavy atom. The van der Waals surface area contributed by atoms with Gasteiger partial charge in [0.15, 0.2) is 0 Å². The standard InChI is InChI=1S/C19H17ClN2O5S/c1-3-26-19(25)16-11(2)15-17(28-16)21-10-22(18(15)24)8-14(23)27-9-12-6-4-5-7-13(12)20/h4-7,10H,3,8-9H2,1-2H3. The minimum atomic E-state index is -0.596. The monoisotopic (exact) mass is 420 g/mol. The largest absolute Gasteiger partial charge is 0.462 e. The van der Waals surface area contributed by atoms with Gasteiger partial charge in [-0.15, -0.1) is 11.3 Å². The molecule has 0 aliphatic heterocycles. The van der Waals surface area contributed by atoms with Crippen LogP contribution < -0.4 is 5.56 Å². The van der Waals surface area contributed by atoms with Crippen LogP contribution in [-0.4, -0.2) is 28.1 Å². The lowest BCUT2D eigenvalue weighted by atomic mass is 10.2. The van der Waals surface area contributed by atoms with Gasteiger partial charge in [0.1, 0.15) is 22.9 Å². The Morgan fingerprint density at radius 3 is 2.71 bits per heavy atom. The molecule has 2 aromatic heterocycles. The highest BCUT2D eigenvalue weighted by atomic mass is 35.5. The Balaban J connectivity index is 1.80. The van der Waals surface area contributed by atoms with Crippen molar-refractivity contribution in [1.29, 1.82) is 0 Å². The lowest BCUT2D eigenvalue weighted by Crippen LogP contribution is -2.25. The second-order valence-corrected chi connectivity index (χ2v) is 7.29. The summed E-state index contributed by atoms with van der Waals surface area (Å²) in [5.41, 5.74) is 0.755. The fraction of sp³-hybridized carbons (Fsp3) is 0.263. The van der Waals surface area contributed by atoms with Gasteiger partial charge in [0.2, 0.25) is 0 Å². The minimum absolute atomic E-state index is 0.00736. The van der Waals surface area contributed by atoms with Crippen LogP contribution in [0, 0.1) is 6.92 Å². The molecule has 0 atom stereocenters. The number of esters is 2. The maximum atomic E-state index is 12.8. The number of thiophene rings is 1. The number of hydrogen-bond acceptors (Lipinski definition) is 7. The third-order valence-corrected chi connectivity index (χ3v) is 5.57. The smallest absolute Gasteiger partial charge is 0.348 e. The van der Waals surface area contributed by atoms with Crippen molar-refractivity contribution in [3.63, 3.8) is 0 Å². The fourth-order valence-corrected chi connectivity index (χ4v) is 3.84. The van der Waals surface area contributed by atoms with Gasteiger partial charge in [-0.1, -0.05) is 29.8 Å². The van der Waals surface area contributed by atoms with Crippen molar-refractivity contribution in [3.05, 3.63) is 62.0 Å². The number of aryl methyl sites for hydroxylation is 1. The third-order valence-electron chi connectivity index (χ3n) is 4.02. The lowest BCUT2D eigenvalue weighted by Gasteiger charge is -2.08. The number of ether oxygens (including phenoxy) is 2. The van der Waals surface area contributed by atoms with Crippen molar-refractivity contribution < 1.29 is 19.1 Å². The molecular weight excluding hydrogens is 404 g/mol. The van der Waals surface area contributed by atoms with Crippen LogP contribution >= 0.6 is 22.9 Å². The van der Waals surface area contributed by atoms with Crippen molar-refractivity contribution >= 4 is 45.1 Å². The van der Waals surface area contributed by atoms with Gasteiger partial charge in [0, 0.05) is 10.6 Å². The van der Waals surface area contributed by atoms with Gasteiger partial charge in [0.05, 0.1) is 18.3 Å². The maximum absolute atomic E-state index is 12.8. The Bertz CT molecular complexity index is 1110. The number of fused-ring (bicyclic) bond motifs is 1. The summed E-state index contributed by atoms with van der Waals surface area (Å²) in [7, 11) is 0. The molecule has 3 rings (SSSR count). The van der Waals surface area contributed by atoms with Gasteiger partial charge in [-0.05, 0) is 25.5 Å². The predicted octanol–water partition coefficient (Wildman–Crippen LogP) is 3.34. The van der Waals surface area contributed by atoms with Crippen LogP contribution in [0.3, 0.4) is 0 Å². The zero-order valence-electron chi connectivity index (χ0n) is 15.2. The van der Waals surface area contributed by atoms with Gasteiger partial charge >= 0.3 is 11.9 Å². The van der Waals surface area contributed by atoms with E-state index < -0.39 is 17.5 Å². The predicted molar refractivity (Wildman–Crippen MR) is 106 cm³/mol. The van der Waals surface area contributed by atoms with Crippen molar-refractivity contribution in [2.45, 2.75) is 27.0 Å². The van der Waals surface area contributed by atoms with E-state index in [-0.39, 0.29) is 19.8 Å². The molecule has 1 aromatic carbocycles. The summed E-state index contributed by atoms with van der Waals surface area (Å²) in [4.78, 5) is 41.9. The molecule has 3 aromatic rings. The average Bonchev–Trinajstić information content (AvgIpc) is 3.01. The quantitative estimate of drug-likeness (QED) is 0.568. The maximum Gasteiger partial charge on any atom is 0.348 e. The molecule has 0 aliphatic rings. The van der Waals surface area contributed by atoms with E-state index in [1.54, 1.807) is 38.1 Å². The van der Waals surface area contributed by atoms with Crippen LogP contribution in [0.2, 0.25) is 5.02 Å². The highest BCUT2D eigenvalue weighted by Gasteiger charge is 2.21. The average molecular weight is 421 g/mol. The Labute approximate surface area is 169 Å². The summed E-state index contributed by atoms with van der Waals surface area (Å²) in [5.74, 6) is -1.09. The summed E-state index contributed by atoms with van der Waals surface area (Å²) >= 11 is 7.13. The number of nitrogens with zero attached hydrogens (tertiary/aromatic N) is 2. The number of halogens is 1. The molecule has 0 bridgehead atoms. The zero-order chi connectivity index (χ0) is 20.3. The van der Waals surface area contributed by atoms with Gasteiger partial charge in [0.25, 0.3) is 5.56 Å². The first-order valence-electron chi connectivity index (χ1n) is 8.47. The number of benzene rings is 1. The summed E-state index contributed by atoms with van der Waals surface area (Å²) in [6, 6.07) is 7.02. The van der Waals surface area contributed by atoms with Gasteiger partial charge in [-0.3, -0.25) is 14.2 Å². The first kappa shape index (κ1) is 20.0.